The number of anilines is 1. The molecule has 0 atom stereocenters. The third-order valence-corrected chi connectivity index (χ3v) is 4.77. The van der Waals surface area contributed by atoms with Crippen molar-refractivity contribution in [1.82, 2.24) is 10.2 Å². The van der Waals surface area contributed by atoms with E-state index in [0.717, 1.165) is 38.3 Å². The molecule has 0 aliphatic carbocycles. The lowest BCUT2D eigenvalue weighted by Crippen LogP contribution is -2.48. The van der Waals surface area contributed by atoms with Crippen LogP contribution in [0.2, 0.25) is 5.02 Å². The maximum absolute atomic E-state index is 12.0. The third-order valence-electron chi connectivity index (χ3n) is 4.52. The predicted octanol–water partition coefficient (Wildman–Crippen LogP) is 2.82. The minimum absolute atomic E-state index is 0.0604. The summed E-state index contributed by atoms with van der Waals surface area (Å²) in [6.45, 7) is 5.71. The van der Waals surface area contributed by atoms with E-state index in [9.17, 15) is 4.79 Å². The van der Waals surface area contributed by atoms with E-state index >= 15 is 0 Å². The smallest absolute Gasteiger partial charge is 0.224 e. The second-order valence-electron chi connectivity index (χ2n) is 6.32. The lowest BCUT2D eigenvalue weighted by atomic mass is 10.1. The number of hydrogen-bond donors (Lipinski definition) is 1. The van der Waals surface area contributed by atoms with Crippen molar-refractivity contribution in [1.29, 1.82) is 0 Å². The van der Waals surface area contributed by atoms with Crippen LogP contribution < -0.4 is 10.2 Å². The van der Waals surface area contributed by atoms with E-state index in [2.05, 4.69) is 39.4 Å². The van der Waals surface area contributed by atoms with Gasteiger partial charge in [0.25, 0.3) is 0 Å². The van der Waals surface area contributed by atoms with Crippen LogP contribution in [0.4, 0.5) is 5.69 Å². The third kappa shape index (κ3) is 5.48. The lowest BCUT2D eigenvalue weighted by molar-refractivity contribution is -0.120. The summed E-state index contributed by atoms with van der Waals surface area (Å²) in [7, 11) is 0. The van der Waals surface area contributed by atoms with Crippen molar-refractivity contribution in [2.75, 3.05) is 44.2 Å². The van der Waals surface area contributed by atoms with Crippen LogP contribution in [-0.4, -0.2) is 50.1 Å². The number of nitrogens with one attached hydrogen (secondary N) is 1. The van der Waals surface area contributed by atoms with Gasteiger partial charge in [0.1, 0.15) is 0 Å². The average Bonchev–Trinajstić information content (AvgIpc) is 2.65. The SMILES string of the molecule is O=C(Cc1ccc(Cl)cc1)NCCN1CCN(c2ccccc2)CC1. The molecule has 1 aliphatic heterocycles. The molecule has 25 heavy (non-hydrogen) atoms. The highest BCUT2D eigenvalue weighted by Gasteiger charge is 2.16. The van der Waals surface area contributed by atoms with E-state index in [1.165, 1.54) is 5.69 Å². The number of carbonyl (C=O) groups excluding carboxylic acids is 1. The molecule has 0 saturated carbocycles. The zero-order chi connectivity index (χ0) is 17.5. The Hall–Kier alpha value is -2.04. The second-order valence-corrected chi connectivity index (χ2v) is 6.75. The Bertz CT molecular complexity index is 667. The highest BCUT2D eigenvalue weighted by Crippen LogP contribution is 2.15. The van der Waals surface area contributed by atoms with E-state index in [1.807, 2.05) is 30.3 Å². The van der Waals surface area contributed by atoms with Crippen LogP contribution in [0.15, 0.2) is 54.6 Å². The van der Waals surface area contributed by atoms with Crippen molar-refractivity contribution >= 4 is 23.2 Å². The average molecular weight is 358 g/mol. The van der Waals surface area contributed by atoms with E-state index < -0.39 is 0 Å². The molecule has 2 aromatic rings. The van der Waals surface area contributed by atoms with E-state index in [1.54, 1.807) is 0 Å². The summed E-state index contributed by atoms with van der Waals surface area (Å²) in [5.74, 6) is 0.0604. The van der Waals surface area contributed by atoms with E-state index in [4.69, 9.17) is 11.6 Å². The molecule has 1 aliphatic rings. The van der Waals surface area contributed by atoms with Crippen LogP contribution in [0.25, 0.3) is 0 Å². The molecule has 0 spiro atoms. The summed E-state index contributed by atoms with van der Waals surface area (Å²) in [6.07, 6.45) is 0.402. The summed E-state index contributed by atoms with van der Waals surface area (Å²) in [5.41, 5.74) is 2.27. The van der Waals surface area contributed by atoms with Crippen LogP contribution in [-0.2, 0) is 11.2 Å². The topological polar surface area (TPSA) is 35.6 Å². The Morgan fingerprint density at radius 2 is 1.64 bits per heavy atom. The van der Waals surface area contributed by atoms with Crippen molar-refractivity contribution in [2.45, 2.75) is 6.42 Å². The fourth-order valence-electron chi connectivity index (χ4n) is 3.07. The summed E-state index contributed by atoms with van der Waals surface area (Å²) in [4.78, 5) is 16.8. The summed E-state index contributed by atoms with van der Waals surface area (Å²) < 4.78 is 0. The van der Waals surface area contributed by atoms with Gasteiger partial charge in [0.05, 0.1) is 6.42 Å². The zero-order valence-electron chi connectivity index (χ0n) is 14.3. The number of carbonyl (C=O) groups is 1. The van der Waals surface area contributed by atoms with Crippen molar-refractivity contribution < 1.29 is 4.79 Å². The number of halogens is 1. The summed E-state index contributed by atoms with van der Waals surface area (Å²) >= 11 is 5.86. The quantitative estimate of drug-likeness (QED) is 0.863. The number of hydrogen-bond acceptors (Lipinski definition) is 3. The molecule has 5 heteroatoms. The Balaban J connectivity index is 1.34. The predicted molar refractivity (Wildman–Crippen MR) is 103 cm³/mol. The normalized spacial score (nSPS) is 15.2. The molecule has 3 rings (SSSR count). The van der Waals surface area contributed by atoms with Crippen molar-refractivity contribution in [3.63, 3.8) is 0 Å². The maximum atomic E-state index is 12.0. The van der Waals surface area contributed by atoms with Crippen molar-refractivity contribution in [3.05, 3.63) is 65.2 Å². The molecule has 1 fully saturated rings. The molecule has 1 saturated heterocycles. The number of piperazine rings is 1. The fourth-order valence-corrected chi connectivity index (χ4v) is 3.20. The molecule has 1 amide bonds. The molecule has 4 nitrogen and oxygen atoms in total. The first-order valence-corrected chi connectivity index (χ1v) is 9.12. The first kappa shape index (κ1) is 17.8. The van der Waals surface area contributed by atoms with Gasteiger partial charge in [-0.1, -0.05) is 41.9 Å². The summed E-state index contributed by atoms with van der Waals surface area (Å²) in [5, 5.41) is 3.70. The van der Waals surface area contributed by atoms with Gasteiger partial charge in [0.15, 0.2) is 0 Å². The molecule has 1 heterocycles. The zero-order valence-corrected chi connectivity index (χ0v) is 15.1. The van der Waals surface area contributed by atoms with Crippen molar-refractivity contribution in [3.8, 4) is 0 Å². The maximum Gasteiger partial charge on any atom is 0.224 e. The van der Waals surface area contributed by atoms with Gasteiger partial charge in [0, 0.05) is 50.0 Å². The molecule has 1 N–H and O–H groups in total. The Labute approximate surface area is 154 Å². The molecule has 0 aromatic heterocycles. The van der Waals surface area contributed by atoms with Gasteiger partial charge in [-0.05, 0) is 29.8 Å². The van der Waals surface area contributed by atoms with Crippen molar-refractivity contribution in [2.24, 2.45) is 0 Å². The largest absolute Gasteiger partial charge is 0.369 e. The molecule has 0 unspecified atom stereocenters. The number of para-hydroxylation sites is 1. The van der Waals surface area contributed by atoms with E-state index in [0.29, 0.717) is 18.0 Å². The minimum atomic E-state index is 0.0604. The Kier molecular flexibility index (Phi) is 6.31. The molecule has 2 aromatic carbocycles. The molecule has 0 bridgehead atoms. The van der Waals surface area contributed by atoms with Crippen LogP contribution in [0, 0.1) is 0 Å². The van der Waals surface area contributed by atoms with Gasteiger partial charge in [0.2, 0.25) is 5.91 Å². The number of amides is 1. The molecule has 0 radical (unpaired) electrons. The first-order chi connectivity index (χ1) is 12.2. The Morgan fingerprint density at radius 3 is 2.32 bits per heavy atom. The van der Waals surface area contributed by atoms with Crippen LogP contribution in [0.3, 0.4) is 0 Å². The summed E-state index contributed by atoms with van der Waals surface area (Å²) in [6, 6.07) is 17.9. The van der Waals surface area contributed by atoms with E-state index in [-0.39, 0.29) is 5.91 Å². The van der Waals surface area contributed by atoms with Gasteiger partial charge in [-0.25, -0.2) is 0 Å². The van der Waals surface area contributed by atoms with Gasteiger partial charge < -0.3 is 10.2 Å². The van der Waals surface area contributed by atoms with Gasteiger partial charge in [-0.3, -0.25) is 9.69 Å². The number of benzene rings is 2. The van der Waals surface area contributed by atoms with Gasteiger partial charge in [-0.15, -0.1) is 0 Å². The molecular weight excluding hydrogens is 334 g/mol. The van der Waals surface area contributed by atoms with Gasteiger partial charge >= 0.3 is 0 Å². The highest BCUT2D eigenvalue weighted by molar-refractivity contribution is 6.30. The molecule has 132 valence electrons. The van der Waals surface area contributed by atoms with Gasteiger partial charge in [-0.2, -0.15) is 0 Å². The monoisotopic (exact) mass is 357 g/mol. The number of rotatable bonds is 6. The number of nitrogens with zero attached hydrogens (tertiary/aromatic N) is 2. The standard InChI is InChI=1S/C20H24ClN3O/c21-18-8-6-17(7-9-18)16-20(25)22-10-11-23-12-14-24(15-13-23)19-4-2-1-3-5-19/h1-9H,10-16H2,(H,22,25). The highest BCUT2D eigenvalue weighted by atomic mass is 35.5. The first-order valence-electron chi connectivity index (χ1n) is 8.74. The van der Waals surface area contributed by atoms with Crippen LogP contribution >= 0.6 is 11.6 Å². The van der Waals surface area contributed by atoms with Crippen LogP contribution in [0.5, 0.6) is 0 Å². The minimum Gasteiger partial charge on any atom is -0.369 e. The Morgan fingerprint density at radius 1 is 0.960 bits per heavy atom. The fraction of sp³-hybridized carbons (Fsp3) is 0.350. The molecular formula is C20H24ClN3O. The second kappa shape index (κ2) is 8.88. The lowest BCUT2D eigenvalue weighted by Gasteiger charge is -2.36. The van der Waals surface area contributed by atoms with Crippen LogP contribution in [0.1, 0.15) is 5.56 Å².